The lowest BCUT2D eigenvalue weighted by atomic mass is 9.69. The lowest BCUT2D eigenvalue weighted by Crippen LogP contribution is -2.46. The number of nitrogens with zero attached hydrogens (tertiary/aromatic N) is 1. The molecule has 2 nitrogen and oxygen atoms in total. The number of rotatable bonds is 6. The molecule has 0 aliphatic heterocycles. The molecule has 1 fully saturated rings. The van der Waals surface area contributed by atoms with Crippen LogP contribution in [0.5, 0.6) is 0 Å². The van der Waals surface area contributed by atoms with Crippen LogP contribution in [-0.4, -0.2) is 17.6 Å². The van der Waals surface area contributed by atoms with Gasteiger partial charge in [0.1, 0.15) is 0 Å². The van der Waals surface area contributed by atoms with Crippen LogP contribution in [0.2, 0.25) is 0 Å². The van der Waals surface area contributed by atoms with Crippen molar-refractivity contribution >= 4 is 0 Å². The van der Waals surface area contributed by atoms with Crippen LogP contribution in [0.25, 0.3) is 0 Å². The lowest BCUT2D eigenvalue weighted by Gasteiger charge is -2.41. The molecule has 20 heavy (non-hydrogen) atoms. The summed E-state index contributed by atoms with van der Waals surface area (Å²) in [5, 5.41) is 3.73. The maximum atomic E-state index is 4.66. The van der Waals surface area contributed by atoms with Gasteiger partial charge in [0.05, 0.1) is 0 Å². The smallest absolute Gasteiger partial charge is 0.0419 e. The highest BCUT2D eigenvalue weighted by atomic mass is 14.9. The van der Waals surface area contributed by atoms with E-state index in [2.05, 4.69) is 43.2 Å². The Balaban J connectivity index is 2.07. The molecule has 1 aromatic heterocycles. The fourth-order valence-corrected chi connectivity index (χ4v) is 3.51. The first kappa shape index (κ1) is 15.5. The van der Waals surface area contributed by atoms with Crippen molar-refractivity contribution in [1.82, 2.24) is 10.3 Å². The zero-order chi connectivity index (χ0) is 14.4. The molecular formula is C18H30N2. The minimum atomic E-state index is 0.444. The van der Waals surface area contributed by atoms with Crippen molar-refractivity contribution in [3.8, 4) is 0 Å². The first-order valence-electron chi connectivity index (χ1n) is 8.35. The van der Waals surface area contributed by atoms with Crippen molar-refractivity contribution in [3.05, 3.63) is 29.6 Å². The van der Waals surface area contributed by atoms with E-state index in [4.69, 9.17) is 0 Å². The molecule has 0 bridgehead atoms. The van der Waals surface area contributed by atoms with Gasteiger partial charge >= 0.3 is 0 Å². The number of pyridine rings is 1. The van der Waals surface area contributed by atoms with Gasteiger partial charge in [-0.2, -0.15) is 0 Å². The van der Waals surface area contributed by atoms with Crippen LogP contribution in [0.4, 0.5) is 0 Å². The molecule has 0 amide bonds. The highest BCUT2D eigenvalue weighted by Crippen LogP contribution is 2.39. The Morgan fingerprint density at radius 1 is 1.20 bits per heavy atom. The Hall–Kier alpha value is -0.890. The van der Waals surface area contributed by atoms with E-state index in [1.54, 1.807) is 0 Å². The van der Waals surface area contributed by atoms with E-state index in [9.17, 15) is 0 Å². The number of hydrogen-bond acceptors (Lipinski definition) is 2. The van der Waals surface area contributed by atoms with Crippen molar-refractivity contribution in [2.24, 2.45) is 5.41 Å². The normalized spacial score (nSPS) is 19.8. The Morgan fingerprint density at radius 2 is 1.95 bits per heavy atom. The van der Waals surface area contributed by atoms with Gasteiger partial charge in [0.2, 0.25) is 0 Å². The zero-order valence-corrected chi connectivity index (χ0v) is 13.4. The van der Waals surface area contributed by atoms with Crippen molar-refractivity contribution in [2.75, 3.05) is 6.54 Å². The van der Waals surface area contributed by atoms with Crippen molar-refractivity contribution < 1.29 is 0 Å². The Labute approximate surface area is 124 Å². The predicted octanol–water partition coefficient (Wildman–Crippen LogP) is 4.14. The van der Waals surface area contributed by atoms with Gasteiger partial charge in [0.25, 0.3) is 0 Å². The lowest BCUT2D eigenvalue weighted by molar-refractivity contribution is 0.144. The van der Waals surface area contributed by atoms with Gasteiger partial charge in [-0.25, -0.2) is 0 Å². The molecule has 0 saturated heterocycles. The predicted molar refractivity (Wildman–Crippen MR) is 86.0 cm³/mol. The second-order valence-electron chi connectivity index (χ2n) is 6.54. The maximum Gasteiger partial charge on any atom is 0.0419 e. The van der Waals surface area contributed by atoms with Gasteiger partial charge in [-0.1, -0.05) is 46.1 Å². The number of nitrogens with one attached hydrogen (secondary N) is 1. The molecule has 1 saturated carbocycles. The van der Waals surface area contributed by atoms with E-state index in [0.29, 0.717) is 11.5 Å². The Morgan fingerprint density at radius 3 is 2.50 bits per heavy atom. The summed E-state index contributed by atoms with van der Waals surface area (Å²) < 4.78 is 0. The average molecular weight is 274 g/mol. The van der Waals surface area contributed by atoms with Crippen LogP contribution in [0.1, 0.15) is 64.1 Å². The molecule has 0 radical (unpaired) electrons. The average Bonchev–Trinajstić information content (AvgIpc) is 2.48. The summed E-state index contributed by atoms with van der Waals surface area (Å²) in [6.45, 7) is 7.92. The molecule has 1 aromatic rings. The Bertz CT molecular complexity index is 390. The number of aryl methyl sites for hydroxylation is 1. The largest absolute Gasteiger partial charge is 0.313 e. The highest BCUT2D eigenvalue weighted by molar-refractivity contribution is 5.15. The summed E-state index contributed by atoms with van der Waals surface area (Å²) >= 11 is 0. The second-order valence-corrected chi connectivity index (χ2v) is 6.54. The molecule has 1 N–H and O–H groups in total. The summed E-state index contributed by atoms with van der Waals surface area (Å²) in [6, 6.07) is 5.01. The van der Waals surface area contributed by atoms with E-state index in [-0.39, 0.29) is 0 Å². The van der Waals surface area contributed by atoms with Gasteiger partial charge in [0, 0.05) is 24.4 Å². The first-order chi connectivity index (χ1) is 9.68. The van der Waals surface area contributed by atoms with Crippen molar-refractivity contribution in [2.45, 2.75) is 71.8 Å². The highest BCUT2D eigenvalue weighted by Gasteiger charge is 2.35. The van der Waals surface area contributed by atoms with E-state index in [1.807, 2.05) is 6.20 Å². The van der Waals surface area contributed by atoms with E-state index >= 15 is 0 Å². The standard InChI is InChI=1S/C18H30N2/c1-4-15-9-10-16(20-14-15)13-17(19-5-2)18(3)11-7-6-8-12-18/h9-10,14,17,19H,4-8,11-13H2,1-3H3. The number of likely N-dealkylation sites (N-methyl/N-ethyl adjacent to an activating group) is 1. The fourth-order valence-electron chi connectivity index (χ4n) is 3.51. The van der Waals surface area contributed by atoms with E-state index < -0.39 is 0 Å². The number of hydrogen-bond donors (Lipinski definition) is 1. The van der Waals surface area contributed by atoms with Crippen LogP contribution in [-0.2, 0) is 12.8 Å². The van der Waals surface area contributed by atoms with Crippen LogP contribution >= 0.6 is 0 Å². The molecule has 0 spiro atoms. The van der Waals surface area contributed by atoms with E-state index in [0.717, 1.165) is 19.4 Å². The van der Waals surface area contributed by atoms with Gasteiger partial charge in [-0.15, -0.1) is 0 Å². The molecule has 2 rings (SSSR count). The minimum absolute atomic E-state index is 0.444. The van der Waals surface area contributed by atoms with Gasteiger partial charge < -0.3 is 5.32 Å². The zero-order valence-electron chi connectivity index (χ0n) is 13.4. The van der Waals surface area contributed by atoms with Crippen molar-refractivity contribution in [3.63, 3.8) is 0 Å². The van der Waals surface area contributed by atoms with Gasteiger partial charge in [0.15, 0.2) is 0 Å². The Kier molecular flexibility index (Phi) is 5.59. The number of aromatic nitrogens is 1. The quantitative estimate of drug-likeness (QED) is 0.843. The van der Waals surface area contributed by atoms with Crippen LogP contribution in [0.15, 0.2) is 18.3 Å². The summed E-state index contributed by atoms with van der Waals surface area (Å²) in [7, 11) is 0. The van der Waals surface area contributed by atoms with Gasteiger partial charge in [-0.3, -0.25) is 4.98 Å². The summed E-state index contributed by atoms with van der Waals surface area (Å²) in [5.41, 5.74) is 3.01. The van der Waals surface area contributed by atoms with Crippen LogP contribution < -0.4 is 5.32 Å². The molecule has 1 atom stereocenters. The van der Waals surface area contributed by atoms with Crippen LogP contribution in [0.3, 0.4) is 0 Å². The maximum absolute atomic E-state index is 4.66. The van der Waals surface area contributed by atoms with E-state index in [1.165, 1.54) is 43.4 Å². The first-order valence-corrected chi connectivity index (χ1v) is 8.35. The molecule has 1 heterocycles. The molecule has 0 aromatic carbocycles. The monoisotopic (exact) mass is 274 g/mol. The summed E-state index contributed by atoms with van der Waals surface area (Å²) in [6.07, 6.45) is 11.1. The minimum Gasteiger partial charge on any atom is -0.313 e. The molecule has 2 heteroatoms. The SMILES string of the molecule is CCNC(Cc1ccc(CC)cn1)C1(C)CCCCC1. The van der Waals surface area contributed by atoms with Crippen molar-refractivity contribution in [1.29, 1.82) is 0 Å². The molecule has 1 aliphatic carbocycles. The second kappa shape index (κ2) is 7.21. The fraction of sp³-hybridized carbons (Fsp3) is 0.722. The topological polar surface area (TPSA) is 24.9 Å². The molecule has 112 valence electrons. The van der Waals surface area contributed by atoms with Gasteiger partial charge in [-0.05, 0) is 42.9 Å². The third kappa shape index (κ3) is 3.82. The molecular weight excluding hydrogens is 244 g/mol. The molecule has 1 aliphatic rings. The molecule has 1 unspecified atom stereocenters. The third-order valence-electron chi connectivity index (χ3n) is 5.00. The third-order valence-corrected chi connectivity index (χ3v) is 5.00. The van der Waals surface area contributed by atoms with Crippen LogP contribution in [0, 0.1) is 5.41 Å². The summed E-state index contributed by atoms with van der Waals surface area (Å²) in [5.74, 6) is 0. The summed E-state index contributed by atoms with van der Waals surface area (Å²) in [4.78, 5) is 4.66.